The minimum atomic E-state index is -0.650. The van der Waals surface area contributed by atoms with Crippen LogP contribution in [-0.2, 0) is 11.8 Å². The summed E-state index contributed by atoms with van der Waals surface area (Å²) in [7, 11) is 3.02. The summed E-state index contributed by atoms with van der Waals surface area (Å²) in [6.45, 7) is 7.79. The quantitative estimate of drug-likeness (QED) is 0.479. The van der Waals surface area contributed by atoms with Crippen LogP contribution in [-0.4, -0.2) is 75.0 Å². The molecule has 0 bridgehead atoms. The molecule has 0 spiro atoms. The molecular formula is C27H34FN7O4. The number of amides is 2. The van der Waals surface area contributed by atoms with Gasteiger partial charge >= 0.3 is 6.09 Å². The molecular weight excluding hydrogens is 505 g/mol. The lowest BCUT2D eigenvalue weighted by atomic mass is 10.1. The maximum Gasteiger partial charge on any atom is 0.410 e. The zero-order chi connectivity index (χ0) is 27.9. The van der Waals surface area contributed by atoms with Gasteiger partial charge in [0.1, 0.15) is 22.6 Å². The van der Waals surface area contributed by atoms with Crippen LogP contribution >= 0.6 is 0 Å². The van der Waals surface area contributed by atoms with E-state index in [1.165, 1.54) is 18.0 Å². The highest BCUT2D eigenvalue weighted by molar-refractivity contribution is 6.05. The molecule has 12 heteroatoms. The monoisotopic (exact) mass is 539 g/mol. The average Bonchev–Trinajstić information content (AvgIpc) is 3.48. The number of ether oxygens (including phenoxy) is 2. The molecule has 1 aliphatic carbocycles. The van der Waals surface area contributed by atoms with Crippen molar-refractivity contribution in [3.8, 4) is 5.75 Å². The molecule has 3 heterocycles. The van der Waals surface area contributed by atoms with Crippen LogP contribution in [0.2, 0.25) is 0 Å². The van der Waals surface area contributed by atoms with Gasteiger partial charge in [-0.2, -0.15) is 5.10 Å². The first-order chi connectivity index (χ1) is 18.5. The van der Waals surface area contributed by atoms with E-state index >= 15 is 0 Å². The molecule has 1 atom stereocenters. The zero-order valence-corrected chi connectivity index (χ0v) is 22.9. The molecule has 5 rings (SSSR count). The third-order valence-electron chi connectivity index (χ3n) is 6.81. The molecule has 2 aliphatic rings. The van der Waals surface area contributed by atoms with E-state index in [2.05, 4.69) is 25.3 Å². The van der Waals surface area contributed by atoms with Gasteiger partial charge in [0.2, 0.25) is 0 Å². The van der Waals surface area contributed by atoms with Crippen molar-refractivity contribution in [2.45, 2.75) is 51.7 Å². The minimum Gasteiger partial charge on any atom is -0.491 e. The third-order valence-corrected chi connectivity index (χ3v) is 6.81. The van der Waals surface area contributed by atoms with Gasteiger partial charge in [-0.15, -0.1) is 0 Å². The Morgan fingerprint density at radius 3 is 2.62 bits per heavy atom. The van der Waals surface area contributed by atoms with Crippen molar-refractivity contribution < 1.29 is 23.5 Å². The highest BCUT2D eigenvalue weighted by atomic mass is 19.1. The van der Waals surface area contributed by atoms with Crippen molar-refractivity contribution in [2.75, 3.05) is 37.0 Å². The van der Waals surface area contributed by atoms with Crippen molar-refractivity contribution in [1.82, 2.24) is 24.6 Å². The predicted molar refractivity (Wildman–Crippen MR) is 143 cm³/mol. The Labute approximate surface area is 226 Å². The van der Waals surface area contributed by atoms with Crippen LogP contribution in [0, 0.1) is 11.7 Å². The van der Waals surface area contributed by atoms with Crippen molar-refractivity contribution in [2.24, 2.45) is 13.0 Å². The Morgan fingerprint density at radius 2 is 1.97 bits per heavy atom. The molecule has 1 aromatic carbocycles. The summed E-state index contributed by atoms with van der Waals surface area (Å²) in [5.74, 6) is -0.347. The maximum atomic E-state index is 14.9. The largest absolute Gasteiger partial charge is 0.491 e. The van der Waals surface area contributed by atoms with Gasteiger partial charge < -0.3 is 24.6 Å². The summed E-state index contributed by atoms with van der Waals surface area (Å²) in [4.78, 5) is 38.4. The number of benzene rings is 1. The van der Waals surface area contributed by atoms with Gasteiger partial charge in [-0.25, -0.2) is 19.2 Å². The molecule has 1 N–H and O–H groups in total. The van der Waals surface area contributed by atoms with Crippen LogP contribution < -0.4 is 15.0 Å². The summed E-state index contributed by atoms with van der Waals surface area (Å²) < 4.78 is 27.2. The molecule has 1 saturated heterocycles. The fourth-order valence-corrected chi connectivity index (χ4v) is 4.86. The van der Waals surface area contributed by atoms with Gasteiger partial charge in [0, 0.05) is 44.3 Å². The van der Waals surface area contributed by atoms with E-state index in [0.717, 1.165) is 32.4 Å². The van der Waals surface area contributed by atoms with Gasteiger partial charge in [-0.1, -0.05) is 0 Å². The number of nitrogens with one attached hydrogen (secondary N) is 1. The minimum absolute atomic E-state index is 0.0908. The number of aromatic nitrogens is 4. The number of rotatable bonds is 7. The molecule has 2 amide bonds. The number of hydrogen-bond donors (Lipinski definition) is 1. The lowest BCUT2D eigenvalue weighted by molar-refractivity contribution is 0.0208. The number of anilines is 2. The third kappa shape index (κ3) is 5.89. The maximum absolute atomic E-state index is 14.9. The molecule has 11 nitrogen and oxygen atoms in total. The van der Waals surface area contributed by atoms with E-state index in [1.807, 2.05) is 25.7 Å². The van der Waals surface area contributed by atoms with E-state index in [0.29, 0.717) is 17.7 Å². The first-order valence-corrected chi connectivity index (χ1v) is 13.1. The summed E-state index contributed by atoms with van der Waals surface area (Å²) in [5, 5.41) is 7.30. The van der Waals surface area contributed by atoms with Gasteiger partial charge in [-0.05, 0) is 52.0 Å². The molecule has 2 aromatic heterocycles. The van der Waals surface area contributed by atoms with E-state index in [-0.39, 0.29) is 40.7 Å². The molecule has 39 heavy (non-hydrogen) atoms. The highest BCUT2D eigenvalue weighted by Crippen LogP contribution is 2.34. The molecule has 3 aromatic rings. The second-order valence-corrected chi connectivity index (χ2v) is 11.2. The topological polar surface area (TPSA) is 115 Å². The van der Waals surface area contributed by atoms with Crippen LogP contribution in [0.3, 0.4) is 0 Å². The van der Waals surface area contributed by atoms with Crippen molar-refractivity contribution in [3.63, 3.8) is 0 Å². The van der Waals surface area contributed by atoms with Crippen LogP contribution in [0.25, 0.3) is 10.9 Å². The Kier molecular flexibility index (Phi) is 7.04. The Hall–Kier alpha value is -3.96. The van der Waals surface area contributed by atoms with Crippen molar-refractivity contribution in [3.05, 3.63) is 36.2 Å². The predicted octanol–water partition coefficient (Wildman–Crippen LogP) is 3.99. The van der Waals surface area contributed by atoms with Crippen LogP contribution in [0.15, 0.2) is 24.7 Å². The van der Waals surface area contributed by atoms with Gasteiger partial charge in [0.05, 0.1) is 25.2 Å². The standard InChI is InChI=1S/C27H34FN7O4/c1-27(2,3)39-26(37)35(18-6-7-18)14-16-8-9-34(13-16)21-12-29-20(11-30-21)25(36)31-19-10-17-15-33(4)32-23(17)22(28)24(19)38-5/h10-12,15-16,18H,6-9,13-14H2,1-5H3,(H,31,36)/t16-/m0/s1. The first-order valence-electron chi connectivity index (χ1n) is 13.1. The van der Waals surface area contributed by atoms with E-state index in [4.69, 9.17) is 9.47 Å². The summed E-state index contributed by atoms with van der Waals surface area (Å²) in [6.07, 6.45) is 7.31. The Bertz CT molecular complexity index is 1380. The Morgan fingerprint density at radius 1 is 1.21 bits per heavy atom. The van der Waals surface area contributed by atoms with Crippen LogP contribution in [0.1, 0.15) is 50.5 Å². The molecule has 1 saturated carbocycles. The number of methoxy groups -OCH3 is 1. The zero-order valence-electron chi connectivity index (χ0n) is 22.9. The number of aryl methyl sites for hydroxylation is 1. The lowest BCUT2D eigenvalue weighted by Crippen LogP contribution is -2.41. The van der Waals surface area contributed by atoms with E-state index in [9.17, 15) is 14.0 Å². The van der Waals surface area contributed by atoms with Crippen LogP contribution in [0.5, 0.6) is 5.75 Å². The molecule has 0 unspecified atom stereocenters. The SMILES string of the molecule is COc1c(NC(=O)c2cnc(N3CC[C@H](CN(C(=O)OC(C)(C)C)C4CC4)C3)cn2)cc2cn(C)nc2c1F. The van der Waals surface area contributed by atoms with Gasteiger partial charge in [0.25, 0.3) is 5.91 Å². The summed E-state index contributed by atoms with van der Waals surface area (Å²) in [6, 6.07) is 1.87. The fraction of sp³-hybridized carbons (Fsp3) is 0.519. The Balaban J connectivity index is 1.22. The smallest absolute Gasteiger partial charge is 0.410 e. The van der Waals surface area contributed by atoms with Gasteiger partial charge in [0.15, 0.2) is 11.6 Å². The molecule has 0 radical (unpaired) electrons. The molecule has 208 valence electrons. The van der Waals surface area contributed by atoms with E-state index in [1.54, 1.807) is 25.5 Å². The first kappa shape index (κ1) is 26.6. The summed E-state index contributed by atoms with van der Waals surface area (Å²) in [5.41, 5.74) is -0.0980. The molecule has 2 fully saturated rings. The fourth-order valence-electron chi connectivity index (χ4n) is 4.86. The number of fused-ring (bicyclic) bond motifs is 1. The second kappa shape index (κ2) is 10.3. The highest BCUT2D eigenvalue weighted by Gasteiger charge is 2.38. The second-order valence-electron chi connectivity index (χ2n) is 11.2. The number of carbonyl (C=O) groups excluding carboxylic acids is 2. The van der Waals surface area contributed by atoms with E-state index < -0.39 is 17.3 Å². The van der Waals surface area contributed by atoms with Crippen molar-refractivity contribution in [1.29, 1.82) is 0 Å². The van der Waals surface area contributed by atoms with Crippen molar-refractivity contribution >= 4 is 34.4 Å². The lowest BCUT2D eigenvalue weighted by Gasteiger charge is -2.29. The number of halogens is 1. The number of nitrogens with zero attached hydrogens (tertiary/aromatic N) is 6. The van der Waals surface area contributed by atoms with Gasteiger partial charge in [-0.3, -0.25) is 9.48 Å². The average molecular weight is 540 g/mol. The molecule has 1 aliphatic heterocycles. The number of carbonyl (C=O) groups is 2. The van der Waals surface area contributed by atoms with Crippen LogP contribution in [0.4, 0.5) is 20.7 Å². The summed E-state index contributed by atoms with van der Waals surface area (Å²) >= 11 is 0. The number of hydrogen-bond acceptors (Lipinski definition) is 8. The normalized spacial score (nSPS) is 17.4.